The summed E-state index contributed by atoms with van der Waals surface area (Å²) < 4.78 is 5.04. The van der Waals surface area contributed by atoms with E-state index in [2.05, 4.69) is 15.5 Å². The Labute approximate surface area is 117 Å². The molecule has 2 amide bonds. The highest BCUT2D eigenvalue weighted by molar-refractivity contribution is 5.89. The molecule has 7 nitrogen and oxygen atoms in total. The van der Waals surface area contributed by atoms with Crippen LogP contribution in [0.4, 0.5) is 0 Å². The second-order valence-electron chi connectivity index (χ2n) is 4.97. The van der Waals surface area contributed by atoms with Crippen LogP contribution in [0.15, 0.2) is 4.52 Å². The minimum Gasteiger partial charge on any atom is -0.344 e. The second kappa shape index (κ2) is 6.49. The van der Waals surface area contributed by atoms with Gasteiger partial charge in [-0.15, -0.1) is 0 Å². The summed E-state index contributed by atoms with van der Waals surface area (Å²) in [5.41, 5.74) is 0. The molecule has 7 heteroatoms. The summed E-state index contributed by atoms with van der Waals surface area (Å²) in [7, 11) is 0. The van der Waals surface area contributed by atoms with Gasteiger partial charge >= 0.3 is 0 Å². The second-order valence-corrected chi connectivity index (χ2v) is 4.97. The molecule has 1 N–H and O–H groups in total. The molecule has 2 rings (SSSR count). The highest BCUT2D eigenvalue weighted by atomic mass is 16.5. The van der Waals surface area contributed by atoms with Crippen molar-refractivity contribution in [3.8, 4) is 0 Å². The molecule has 0 aliphatic carbocycles. The first-order valence-electron chi connectivity index (χ1n) is 6.97. The van der Waals surface area contributed by atoms with Crippen molar-refractivity contribution in [2.45, 2.75) is 45.6 Å². The van der Waals surface area contributed by atoms with E-state index in [1.807, 2.05) is 6.92 Å². The average Bonchev–Trinajstić information content (AvgIpc) is 2.77. The summed E-state index contributed by atoms with van der Waals surface area (Å²) in [6.45, 7) is 4.69. The lowest BCUT2D eigenvalue weighted by Gasteiger charge is -2.23. The number of amides is 2. The van der Waals surface area contributed by atoms with Crippen LogP contribution in [0.3, 0.4) is 0 Å². The van der Waals surface area contributed by atoms with Gasteiger partial charge in [0.25, 0.3) is 0 Å². The first kappa shape index (κ1) is 14.5. The molecule has 1 aliphatic heterocycles. The van der Waals surface area contributed by atoms with Crippen molar-refractivity contribution in [3.63, 3.8) is 0 Å². The monoisotopic (exact) mass is 280 g/mol. The normalized spacial score (nSPS) is 19.9. The van der Waals surface area contributed by atoms with Gasteiger partial charge in [0.05, 0.1) is 0 Å². The van der Waals surface area contributed by atoms with Crippen LogP contribution in [-0.4, -0.2) is 46.0 Å². The molecule has 1 atom stereocenters. The number of nitrogens with one attached hydrogen (secondary N) is 1. The first-order chi connectivity index (χ1) is 9.60. The van der Waals surface area contributed by atoms with Crippen molar-refractivity contribution in [2.75, 3.05) is 13.1 Å². The number of rotatable bonds is 5. The van der Waals surface area contributed by atoms with E-state index in [1.54, 1.807) is 11.8 Å². The van der Waals surface area contributed by atoms with Gasteiger partial charge in [-0.3, -0.25) is 9.59 Å². The number of carbonyl (C=O) groups excluding carboxylic acids is 2. The fraction of sp³-hybridized carbons (Fsp3) is 0.692. The third kappa shape index (κ3) is 3.55. The quantitative estimate of drug-likeness (QED) is 0.845. The summed E-state index contributed by atoms with van der Waals surface area (Å²) in [4.78, 5) is 29.8. The molecule has 1 aromatic heterocycles. The molecule has 1 unspecified atom stereocenters. The molecule has 2 heterocycles. The lowest BCUT2D eigenvalue weighted by Crippen LogP contribution is -2.45. The maximum absolute atomic E-state index is 12.4. The highest BCUT2D eigenvalue weighted by Gasteiger charge is 2.29. The van der Waals surface area contributed by atoms with Crippen LogP contribution >= 0.6 is 0 Å². The Hall–Kier alpha value is -1.92. The van der Waals surface area contributed by atoms with Gasteiger partial charge in [0.15, 0.2) is 5.82 Å². The maximum Gasteiger partial charge on any atom is 0.245 e. The van der Waals surface area contributed by atoms with Crippen LogP contribution in [0.25, 0.3) is 0 Å². The van der Waals surface area contributed by atoms with Gasteiger partial charge in [-0.05, 0) is 13.3 Å². The summed E-state index contributed by atoms with van der Waals surface area (Å²) in [6, 6.07) is -0.403. The molecule has 0 spiro atoms. The zero-order valence-electron chi connectivity index (χ0n) is 11.9. The van der Waals surface area contributed by atoms with Crippen LogP contribution < -0.4 is 5.32 Å². The summed E-state index contributed by atoms with van der Waals surface area (Å²) in [5, 5.41) is 6.50. The Kier molecular flexibility index (Phi) is 4.70. The maximum atomic E-state index is 12.4. The number of nitrogens with zero attached hydrogens (tertiary/aromatic N) is 3. The number of aromatic nitrogens is 2. The van der Waals surface area contributed by atoms with Crippen LogP contribution in [-0.2, 0) is 16.0 Å². The van der Waals surface area contributed by atoms with Gasteiger partial charge in [-0.1, -0.05) is 18.5 Å². The van der Waals surface area contributed by atoms with E-state index in [9.17, 15) is 9.59 Å². The zero-order valence-corrected chi connectivity index (χ0v) is 11.9. The lowest BCUT2D eigenvalue weighted by molar-refractivity contribution is -0.133. The molecule has 1 aliphatic rings. The topological polar surface area (TPSA) is 88.3 Å². The molecule has 20 heavy (non-hydrogen) atoms. The lowest BCUT2D eigenvalue weighted by atomic mass is 10.1. The third-order valence-electron chi connectivity index (χ3n) is 3.30. The third-order valence-corrected chi connectivity index (χ3v) is 3.30. The predicted octanol–water partition coefficient (Wildman–Crippen LogP) is 0.438. The summed E-state index contributed by atoms with van der Waals surface area (Å²) in [5.74, 6) is 1.02. The van der Waals surface area contributed by atoms with Crippen LogP contribution in [0, 0.1) is 6.92 Å². The van der Waals surface area contributed by atoms with Crippen molar-refractivity contribution < 1.29 is 14.1 Å². The van der Waals surface area contributed by atoms with E-state index in [0.717, 1.165) is 6.42 Å². The first-order valence-corrected chi connectivity index (χ1v) is 6.97. The minimum absolute atomic E-state index is 0.0195. The van der Waals surface area contributed by atoms with E-state index in [-0.39, 0.29) is 11.8 Å². The molecule has 1 fully saturated rings. The van der Waals surface area contributed by atoms with Crippen molar-refractivity contribution >= 4 is 11.8 Å². The Morgan fingerprint density at radius 1 is 1.45 bits per heavy atom. The number of hydrogen-bond donors (Lipinski definition) is 1. The van der Waals surface area contributed by atoms with E-state index in [0.29, 0.717) is 44.1 Å². The fourth-order valence-corrected chi connectivity index (χ4v) is 2.27. The molecule has 0 aromatic carbocycles. The molecule has 110 valence electrons. The van der Waals surface area contributed by atoms with Gasteiger partial charge < -0.3 is 14.7 Å². The number of aryl methyl sites for hydroxylation is 1. The molecule has 0 radical (unpaired) electrons. The van der Waals surface area contributed by atoms with Crippen molar-refractivity contribution in [2.24, 2.45) is 0 Å². The average molecular weight is 280 g/mol. The van der Waals surface area contributed by atoms with Gasteiger partial charge in [-0.25, -0.2) is 0 Å². The number of carbonyl (C=O) groups is 2. The Balaban J connectivity index is 1.97. The molecule has 1 saturated heterocycles. The minimum atomic E-state index is -0.403. The van der Waals surface area contributed by atoms with Crippen LogP contribution in [0.1, 0.15) is 37.9 Å². The van der Waals surface area contributed by atoms with Crippen molar-refractivity contribution in [1.82, 2.24) is 20.4 Å². The Morgan fingerprint density at radius 2 is 2.25 bits per heavy atom. The zero-order chi connectivity index (χ0) is 14.5. The van der Waals surface area contributed by atoms with Gasteiger partial charge in [0.2, 0.25) is 17.7 Å². The van der Waals surface area contributed by atoms with E-state index in [1.165, 1.54) is 0 Å². The molecule has 0 saturated carbocycles. The van der Waals surface area contributed by atoms with Crippen molar-refractivity contribution in [1.29, 1.82) is 0 Å². The SMILES string of the molecule is CCCC1NC(=O)CCN(CCc2nc(C)no2)C1=O. The van der Waals surface area contributed by atoms with Crippen LogP contribution in [0.5, 0.6) is 0 Å². The van der Waals surface area contributed by atoms with Gasteiger partial charge in [-0.2, -0.15) is 4.98 Å². The Bertz CT molecular complexity index is 486. The predicted molar refractivity (Wildman–Crippen MR) is 70.8 cm³/mol. The van der Waals surface area contributed by atoms with E-state index >= 15 is 0 Å². The standard InChI is InChI=1S/C13H20N4O3/c1-3-4-10-13(19)17(7-5-11(18)15-10)8-6-12-14-9(2)16-20-12/h10H,3-8H2,1-2H3,(H,15,18). The van der Waals surface area contributed by atoms with Crippen molar-refractivity contribution in [3.05, 3.63) is 11.7 Å². The van der Waals surface area contributed by atoms with Gasteiger partial charge in [0.1, 0.15) is 6.04 Å². The largest absolute Gasteiger partial charge is 0.344 e. The number of hydrogen-bond acceptors (Lipinski definition) is 5. The fourth-order valence-electron chi connectivity index (χ4n) is 2.27. The summed E-state index contributed by atoms with van der Waals surface area (Å²) >= 11 is 0. The highest BCUT2D eigenvalue weighted by Crippen LogP contribution is 2.09. The Morgan fingerprint density at radius 3 is 2.90 bits per heavy atom. The van der Waals surface area contributed by atoms with Crippen LogP contribution in [0.2, 0.25) is 0 Å². The smallest absolute Gasteiger partial charge is 0.245 e. The summed E-state index contributed by atoms with van der Waals surface area (Å²) in [6.07, 6.45) is 2.38. The molecule has 0 bridgehead atoms. The molecule has 1 aromatic rings. The molecular weight excluding hydrogens is 260 g/mol. The van der Waals surface area contributed by atoms with E-state index in [4.69, 9.17) is 4.52 Å². The molecular formula is C13H20N4O3. The van der Waals surface area contributed by atoms with E-state index < -0.39 is 6.04 Å². The van der Waals surface area contributed by atoms with Gasteiger partial charge in [0, 0.05) is 25.9 Å².